The molecule has 23 heavy (non-hydrogen) atoms. The van der Waals surface area contributed by atoms with Gasteiger partial charge in [0.2, 0.25) is 0 Å². The molecule has 118 valence electrons. The van der Waals surface area contributed by atoms with Crippen LogP contribution in [0.3, 0.4) is 0 Å². The minimum absolute atomic E-state index is 0.0299. The van der Waals surface area contributed by atoms with Crippen molar-refractivity contribution in [3.63, 3.8) is 0 Å². The minimum atomic E-state index is -1.10. The molecule has 0 bridgehead atoms. The van der Waals surface area contributed by atoms with Crippen LogP contribution in [0.1, 0.15) is 27.2 Å². The topological polar surface area (TPSA) is 54.6 Å². The second kappa shape index (κ2) is 5.79. The molecule has 2 aromatic heterocycles. The maximum atomic E-state index is 13.9. The Morgan fingerprint density at radius 2 is 1.91 bits per heavy atom. The molecule has 0 aliphatic rings. The average Bonchev–Trinajstić information content (AvgIpc) is 2.93. The summed E-state index contributed by atoms with van der Waals surface area (Å²) in [6.45, 7) is 1.62. The molecule has 4 nitrogen and oxygen atoms in total. The lowest BCUT2D eigenvalue weighted by molar-refractivity contribution is 0.0687. The summed E-state index contributed by atoms with van der Waals surface area (Å²) in [4.78, 5) is 15.6. The van der Waals surface area contributed by atoms with Crippen molar-refractivity contribution in [1.29, 1.82) is 0 Å². The van der Waals surface area contributed by atoms with Gasteiger partial charge in [-0.2, -0.15) is 0 Å². The number of carboxylic acid groups (broad SMARTS) is 1. The molecule has 0 fully saturated rings. The van der Waals surface area contributed by atoms with Crippen LogP contribution in [0.25, 0.3) is 5.65 Å². The lowest BCUT2D eigenvalue weighted by Gasteiger charge is -2.10. The number of benzene rings is 1. The third kappa shape index (κ3) is 2.79. The third-order valence-electron chi connectivity index (χ3n) is 3.78. The van der Waals surface area contributed by atoms with Crippen LogP contribution < -0.4 is 0 Å². The molecule has 0 aliphatic carbocycles. The monoisotopic (exact) mass is 316 g/mol. The lowest BCUT2D eigenvalue weighted by Crippen LogP contribution is -2.11. The molecule has 0 spiro atoms. The number of carbonyl (C=O) groups is 1. The summed E-state index contributed by atoms with van der Waals surface area (Å²) in [5.41, 5.74) is 1.56. The molecule has 0 amide bonds. The van der Waals surface area contributed by atoms with E-state index in [2.05, 4.69) is 4.98 Å². The number of carboxylic acids is 1. The third-order valence-corrected chi connectivity index (χ3v) is 3.78. The lowest BCUT2D eigenvalue weighted by atomic mass is 10.0. The van der Waals surface area contributed by atoms with Crippen molar-refractivity contribution in [1.82, 2.24) is 9.38 Å². The highest BCUT2D eigenvalue weighted by Crippen LogP contribution is 2.20. The first-order chi connectivity index (χ1) is 11.0. The number of hydrogen-bond acceptors (Lipinski definition) is 2. The van der Waals surface area contributed by atoms with Crippen LogP contribution in [-0.2, 0) is 12.8 Å². The fourth-order valence-electron chi connectivity index (χ4n) is 2.71. The number of halogens is 2. The summed E-state index contributed by atoms with van der Waals surface area (Å²) in [5.74, 6) is -2.32. The first kappa shape index (κ1) is 15.1. The Morgan fingerprint density at radius 1 is 1.22 bits per heavy atom. The quantitative estimate of drug-likeness (QED) is 0.802. The number of aromatic nitrogens is 2. The zero-order valence-corrected chi connectivity index (χ0v) is 12.4. The van der Waals surface area contributed by atoms with E-state index < -0.39 is 17.6 Å². The van der Waals surface area contributed by atoms with Crippen molar-refractivity contribution in [2.24, 2.45) is 0 Å². The smallest absolute Gasteiger partial charge is 0.353 e. The molecular weight excluding hydrogens is 302 g/mol. The van der Waals surface area contributed by atoms with Crippen LogP contribution in [0.4, 0.5) is 8.78 Å². The van der Waals surface area contributed by atoms with Gasteiger partial charge >= 0.3 is 5.97 Å². The fourth-order valence-corrected chi connectivity index (χ4v) is 2.71. The van der Waals surface area contributed by atoms with Gasteiger partial charge < -0.3 is 5.11 Å². The highest BCUT2D eigenvalue weighted by atomic mass is 19.1. The summed E-state index contributed by atoms with van der Waals surface area (Å²) in [6, 6.07) is 5.87. The average molecular weight is 316 g/mol. The van der Waals surface area contributed by atoms with Crippen molar-refractivity contribution in [2.45, 2.75) is 19.8 Å². The molecular formula is C17H14F2N2O2. The maximum absolute atomic E-state index is 13.9. The van der Waals surface area contributed by atoms with Crippen LogP contribution in [0.2, 0.25) is 0 Å². The van der Waals surface area contributed by atoms with Crippen molar-refractivity contribution >= 4 is 11.6 Å². The molecule has 0 saturated carbocycles. The van der Waals surface area contributed by atoms with Gasteiger partial charge in [-0.3, -0.25) is 4.40 Å². The van der Waals surface area contributed by atoms with Gasteiger partial charge in [0.05, 0.1) is 0 Å². The molecule has 3 aromatic rings. The summed E-state index contributed by atoms with van der Waals surface area (Å²) < 4.78 is 29.3. The van der Waals surface area contributed by atoms with Gasteiger partial charge in [-0.05, 0) is 49.1 Å². The first-order valence-electron chi connectivity index (χ1n) is 7.10. The molecule has 0 aliphatic heterocycles. The molecule has 0 atom stereocenters. The molecule has 3 rings (SSSR count). The molecule has 0 radical (unpaired) electrons. The molecule has 1 aromatic carbocycles. The van der Waals surface area contributed by atoms with E-state index in [4.69, 9.17) is 0 Å². The van der Waals surface area contributed by atoms with Crippen LogP contribution in [0.5, 0.6) is 0 Å². The van der Waals surface area contributed by atoms with Crippen molar-refractivity contribution in [3.05, 3.63) is 70.7 Å². The maximum Gasteiger partial charge on any atom is 0.353 e. The van der Waals surface area contributed by atoms with Gasteiger partial charge in [0.15, 0.2) is 0 Å². The standard InChI is InChI=1S/C17H14F2N2O2/c1-10-8-13(18)12(14(19)9-10)4-2-11-3-5-15-20-6-7-21(15)16(11)17(22)23/h3,5-9H,2,4H2,1H3,(H,22,23). The number of hydrogen-bond donors (Lipinski definition) is 1. The van der Waals surface area contributed by atoms with Gasteiger partial charge in [0, 0.05) is 18.0 Å². The molecule has 0 unspecified atom stereocenters. The zero-order chi connectivity index (χ0) is 16.6. The molecule has 2 heterocycles. The van der Waals surface area contributed by atoms with E-state index in [0.29, 0.717) is 16.8 Å². The first-order valence-corrected chi connectivity index (χ1v) is 7.10. The van der Waals surface area contributed by atoms with Crippen LogP contribution >= 0.6 is 0 Å². The van der Waals surface area contributed by atoms with Crippen molar-refractivity contribution in [3.8, 4) is 0 Å². The van der Waals surface area contributed by atoms with Crippen molar-refractivity contribution < 1.29 is 18.7 Å². The fraction of sp³-hybridized carbons (Fsp3) is 0.176. The molecule has 0 saturated heterocycles. The van der Waals surface area contributed by atoms with E-state index in [9.17, 15) is 18.7 Å². The minimum Gasteiger partial charge on any atom is -0.477 e. The Balaban J connectivity index is 1.96. The Morgan fingerprint density at radius 3 is 2.57 bits per heavy atom. The Kier molecular flexibility index (Phi) is 3.82. The van der Waals surface area contributed by atoms with Crippen LogP contribution in [-0.4, -0.2) is 20.5 Å². The van der Waals surface area contributed by atoms with E-state index in [0.717, 1.165) is 0 Å². The second-order valence-electron chi connectivity index (χ2n) is 5.37. The number of aryl methyl sites for hydroxylation is 2. The predicted octanol–water partition coefficient (Wildman–Crippen LogP) is 3.40. The number of aromatic carboxylic acids is 1. The normalized spacial score (nSPS) is 11.1. The zero-order valence-electron chi connectivity index (χ0n) is 12.4. The van der Waals surface area contributed by atoms with Gasteiger partial charge in [0.25, 0.3) is 0 Å². The highest BCUT2D eigenvalue weighted by molar-refractivity contribution is 5.88. The van der Waals surface area contributed by atoms with Gasteiger partial charge in [-0.1, -0.05) is 6.07 Å². The van der Waals surface area contributed by atoms with E-state index in [1.54, 1.807) is 25.3 Å². The highest BCUT2D eigenvalue weighted by Gasteiger charge is 2.17. The SMILES string of the molecule is Cc1cc(F)c(CCc2ccc3nccn3c2C(=O)O)c(F)c1. The Hall–Kier alpha value is -2.76. The molecule has 6 heteroatoms. The number of rotatable bonds is 4. The number of fused-ring (bicyclic) bond motifs is 1. The van der Waals surface area contributed by atoms with Crippen molar-refractivity contribution in [2.75, 3.05) is 0 Å². The van der Waals surface area contributed by atoms with Crippen LogP contribution in [0.15, 0.2) is 36.7 Å². The Labute approximate surface area is 131 Å². The number of imidazole rings is 1. The van der Waals surface area contributed by atoms with E-state index >= 15 is 0 Å². The molecule has 1 N–H and O–H groups in total. The second-order valence-corrected chi connectivity index (χ2v) is 5.37. The van der Waals surface area contributed by atoms with E-state index in [-0.39, 0.29) is 24.1 Å². The summed E-state index contributed by atoms with van der Waals surface area (Å²) >= 11 is 0. The predicted molar refractivity (Wildman–Crippen MR) is 80.7 cm³/mol. The number of pyridine rings is 1. The summed E-state index contributed by atoms with van der Waals surface area (Å²) in [5, 5.41) is 9.43. The Bertz CT molecular complexity index is 880. The van der Waals surface area contributed by atoms with E-state index in [1.165, 1.54) is 22.7 Å². The van der Waals surface area contributed by atoms with Gasteiger partial charge in [-0.25, -0.2) is 18.6 Å². The van der Waals surface area contributed by atoms with Gasteiger partial charge in [0.1, 0.15) is 23.0 Å². The van der Waals surface area contributed by atoms with E-state index in [1.807, 2.05) is 0 Å². The van der Waals surface area contributed by atoms with Gasteiger partial charge in [-0.15, -0.1) is 0 Å². The summed E-state index contributed by atoms with van der Waals surface area (Å²) in [7, 11) is 0. The largest absolute Gasteiger partial charge is 0.477 e. The number of nitrogens with zero attached hydrogens (tertiary/aromatic N) is 2. The summed E-state index contributed by atoms with van der Waals surface area (Å²) in [6.07, 6.45) is 3.35. The van der Waals surface area contributed by atoms with Crippen LogP contribution in [0, 0.1) is 18.6 Å².